The molecule has 0 aromatic heterocycles. The zero-order valence-corrected chi connectivity index (χ0v) is 12.9. The van der Waals surface area contributed by atoms with Crippen molar-refractivity contribution < 1.29 is 14.6 Å². The van der Waals surface area contributed by atoms with Gasteiger partial charge in [0.2, 0.25) is 5.91 Å². The van der Waals surface area contributed by atoms with E-state index in [9.17, 15) is 9.90 Å². The molecule has 2 atom stereocenters. The van der Waals surface area contributed by atoms with Gasteiger partial charge in [0.25, 0.3) is 0 Å². The number of amides is 1. The van der Waals surface area contributed by atoms with Gasteiger partial charge < -0.3 is 14.7 Å². The van der Waals surface area contributed by atoms with Crippen LogP contribution in [0.25, 0.3) is 0 Å². The van der Waals surface area contributed by atoms with Gasteiger partial charge in [0.05, 0.1) is 11.9 Å². The lowest BCUT2D eigenvalue weighted by atomic mass is 10.3. The maximum atomic E-state index is 12.1. The summed E-state index contributed by atoms with van der Waals surface area (Å²) in [6, 6.07) is 7.39. The molecular formula is C14H18ClNO3S. The lowest BCUT2D eigenvalue weighted by molar-refractivity contribution is -0.127. The van der Waals surface area contributed by atoms with Crippen molar-refractivity contribution in [3.8, 4) is 0 Å². The van der Waals surface area contributed by atoms with Crippen LogP contribution in [0.3, 0.4) is 0 Å². The largest absolute Gasteiger partial charge is 0.388 e. The van der Waals surface area contributed by atoms with Gasteiger partial charge in [0.1, 0.15) is 6.10 Å². The molecule has 0 bridgehead atoms. The molecule has 4 nitrogen and oxygen atoms in total. The number of benzene rings is 1. The Morgan fingerprint density at radius 1 is 1.45 bits per heavy atom. The molecule has 1 fully saturated rings. The van der Waals surface area contributed by atoms with E-state index in [1.165, 1.54) is 11.8 Å². The Morgan fingerprint density at radius 3 is 2.80 bits per heavy atom. The average Bonchev–Trinajstić information content (AvgIpc) is 2.80. The Hall–Kier alpha value is -0.750. The molecule has 0 unspecified atom stereocenters. The van der Waals surface area contributed by atoms with Gasteiger partial charge in [-0.3, -0.25) is 4.79 Å². The smallest absolute Gasteiger partial charge is 0.233 e. The van der Waals surface area contributed by atoms with Crippen LogP contribution in [0.15, 0.2) is 29.2 Å². The van der Waals surface area contributed by atoms with E-state index in [2.05, 4.69) is 0 Å². The number of hydrogen-bond acceptors (Lipinski definition) is 4. The molecule has 20 heavy (non-hydrogen) atoms. The number of halogens is 1. The highest BCUT2D eigenvalue weighted by molar-refractivity contribution is 8.00. The maximum Gasteiger partial charge on any atom is 0.233 e. The van der Waals surface area contributed by atoms with Crippen molar-refractivity contribution in [2.24, 2.45) is 0 Å². The summed E-state index contributed by atoms with van der Waals surface area (Å²) >= 11 is 7.28. The van der Waals surface area contributed by atoms with Crippen LogP contribution in [0, 0.1) is 0 Å². The molecule has 0 aliphatic carbocycles. The molecule has 1 heterocycles. The molecule has 1 N–H and O–H groups in total. The molecule has 6 heteroatoms. The number of rotatable bonds is 5. The Labute approximate surface area is 128 Å². The Bertz CT molecular complexity index is 454. The zero-order chi connectivity index (χ0) is 14.5. The highest BCUT2D eigenvalue weighted by Gasteiger charge is 2.34. The van der Waals surface area contributed by atoms with E-state index in [0.717, 1.165) is 4.90 Å². The number of β-amino-alcohol motifs (C(OH)–C–C–N with tert-alkyl or cyclic N) is 1. The van der Waals surface area contributed by atoms with Crippen molar-refractivity contribution in [3.05, 3.63) is 29.3 Å². The number of hydrogen-bond donors (Lipinski definition) is 1. The molecule has 0 spiro atoms. The van der Waals surface area contributed by atoms with Gasteiger partial charge >= 0.3 is 0 Å². The van der Waals surface area contributed by atoms with Crippen LogP contribution in [0.2, 0.25) is 5.02 Å². The average molecular weight is 316 g/mol. The zero-order valence-electron chi connectivity index (χ0n) is 11.3. The first-order valence-corrected chi connectivity index (χ1v) is 7.92. The second-order valence-corrected chi connectivity index (χ2v) is 6.09. The highest BCUT2D eigenvalue weighted by atomic mass is 35.5. The first kappa shape index (κ1) is 15.6. The summed E-state index contributed by atoms with van der Waals surface area (Å²) in [6.07, 6.45) is -0.844. The molecule has 0 saturated carbocycles. The molecule has 0 radical (unpaired) electrons. The fraction of sp³-hybridized carbons (Fsp3) is 0.500. The van der Waals surface area contributed by atoms with Crippen LogP contribution in [0.5, 0.6) is 0 Å². The number of aliphatic hydroxyl groups excluding tert-OH is 1. The topological polar surface area (TPSA) is 49.8 Å². The molecule has 1 saturated heterocycles. The first-order valence-electron chi connectivity index (χ1n) is 6.56. The number of likely N-dealkylation sites (tertiary alicyclic amines) is 1. The van der Waals surface area contributed by atoms with E-state index in [-0.39, 0.29) is 12.0 Å². The van der Waals surface area contributed by atoms with E-state index in [1.807, 2.05) is 19.1 Å². The van der Waals surface area contributed by atoms with E-state index in [4.69, 9.17) is 16.3 Å². The molecule has 1 aromatic rings. The van der Waals surface area contributed by atoms with Gasteiger partial charge in [0, 0.05) is 29.6 Å². The second kappa shape index (κ2) is 7.31. The monoisotopic (exact) mass is 315 g/mol. The molecular weight excluding hydrogens is 298 g/mol. The lowest BCUT2D eigenvalue weighted by Gasteiger charge is -2.15. The summed E-state index contributed by atoms with van der Waals surface area (Å²) in [4.78, 5) is 14.8. The van der Waals surface area contributed by atoms with Crippen molar-refractivity contribution in [3.63, 3.8) is 0 Å². The third kappa shape index (κ3) is 4.12. The van der Waals surface area contributed by atoms with Gasteiger partial charge in [-0.05, 0) is 31.2 Å². The third-order valence-electron chi connectivity index (χ3n) is 3.15. The highest BCUT2D eigenvalue weighted by Crippen LogP contribution is 2.22. The third-order valence-corrected chi connectivity index (χ3v) is 4.40. The van der Waals surface area contributed by atoms with Crippen molar-refractivity contribution in [2.75, 3.05) is 25.4 Å². The number of aliphatic hydroxyl groups is 1. The van der Waals surface area contributed by atoms with Crippen LogP contribution in [0.4, 0.5) is 0 Å². The number of ether oxygens (including phenoxy) is 1. The minimum Gasteiger partial charge on any atom is -0.388 e. The second-order valence-electron chi connectivity index (χ2n) is 4.60. The maximum absolute atomic E-state index is 12.1. The van der Waals surface area contributed by atoms with Gasteiger partial charge in [-0.15, -0.1) is 11.8 Å². The molecule has 1 aliphatic heterocycles. The summed E-state index contributed by atoms with van der Waals surface area (Å²) in [5.41, 5.74) is 0. The van der Waals surface area contributed by atoms with Crippen LogP contribution in [0.1, 0.15) is 6.92 Å². The van der Waals surface area contributed by atoms with Gasteiger partial charge in [-0.1, -0.05) is 11.6 Å². The fourth-order valence-corrected chi connectivity index (χ4v) is 3.03. The number of carbonyl (C=O) groups excluding carboxylic acids is 1. The molecule has 2 rings (SSSR count). The van der Waals surface area contributed by atoms with Crippen LogP contribution in [-0.2, 0) is 9.53 Å². The van der Waals surface area contributed by atoms with Crippen LogP contribution < -0.4 is 0 Å². The minimum absolute atomic E-state index is 0.0196. The molecule has 1 aliphatic rings. The number of nitrogens with zero attached hydrogens (tertiary/aromatic N) is 1. The van der Waals surface area contributed by atoms with Crippen molar-refractivity contribution in [2.45, 2.75) is 24.0 Å². The predicted molar refractivity (Wildman–Crippen MR) is 80.2 cm³/mol. The summed E-state index contributed by atoms with van der Waals surface area (Å²) in [6.45, 7) is 3.25. The van der Waals surface area contributed by atoms with E-state index < -0.39 is 6.10 Å². The fourth-order valence-electron chi connectivity index (χ4n) is 2.11. The van der Waals surface area contributed by atoms with E-state index in [1.54, 1.807) is 17.0 Å². The van der Waals surface area contributed by atoms with Gasteiger partial charge in [-0.2, -0.15) is 0 Å². The SMILES string of the molecule is CCO[C@@H]1CN(C(=O)CSc2ccc(Cl)cc2)C[C@H]1O. The minimum atomic E-state index is -0.584. The number of carbonyl (C=O) groups is 1. The number of thioether (sulfide) groups is 1. The standard InChI is InChI=1S/C14H18ClNO3S/c1-2-19-13-8-16(7-12(13)17)14(18)9-20-11-5-3-10(15)4-6-11/h3-6,12-13,17H,2,7-9H2,1H3/t12-,13-/m1/s1. The Morgan fingerprint density at radius 2 is 2.15 bits per heavy atom. The summed E-state index contributed by atoms with van der Waals surface area (Å²) in [5.74, 6) is 0.374. The van der Waals surface area contributed by atoms with Crippen molar-refractivity contribution >= 4 is 29.3 Å². The van der Waals surface area contributed by atoms with Gasteiger partial charge in [-0.25, -0.2) is 0 Å². The van der Waals surface area contributed by atoms with Crippen LogP contribution in [-0.4, -0.2) is 53.6 Å². The van der Waals surface area contributed by atoms with Crippen LogP contribution >= 0.6 is 23.4 Å². The van der Waals surface area contributed by atoms with Gasteiger partial charge in [0.15, 0.2) is 0 Å². The quantitative estimate of drug-likeness (QED) is 0.845. The Balaban J connectivity index is 1.82. The van der Waals surface area contributed by atoms with Crippen molar-refractivity contribution in [1.82, 2.24) is 4.90 Å². The molecule has 1 aromatic carbocycles. The van der Waals surface area contributed by atoms with Crippen molar-refractivity contribution in [1.29, 1.82) is 0 Å². The summed E-state index contributed by atoms with van der Waals surface area (Å²) in [7, 11) is 0. The van der Waals surface area contributed by atoms with E-state index in [0.29, 0.717) is 30.5 Å². The predicted octanol–water partition coefficient (Wildman–Crippen LogP) is 2.04. The summed E-state index contributed by atoms with van der Waals surface area (Å²) in [5, 5.41) is 10.5. The molecule has 1 amide bonds. The van der Waals surface area contributed by atoms with E-state index >= 15 is 0 Å². The summed E-state index contributed by atoms with van der Waals surface area (Å²) < 4.78 is 5.41. The first-order chi connectivity index (χ1) is 9.60. The Kier molecular flexibility index (Phi) is 5.72. The molecule has 110 valence electrons. The normalized spacial score (nSPS) is 22.2. The lowest BCUT2D eigenvalue weighted by Crippen LogP contribution is -2.31.